The minimum absolute atomic E-state index is 0.0748. The highest BCUT2D eigenvalue weighted by Crippen LogP contribution is 2.54. The van der Waals surface area contributed by atoms with Gasteiger partial charge in [-0.1, -0.05) is 24.8 Å². The van der Waals surface area contributed by atoms with E-state index >= 15 is 0 Å². The van der Waals surface area contributed by atoms with Gasteiger partial charge in [0.2, 0.25) is 0 Å². The Morgan fingerprint density at radius 1 is 0.981 bits per heavy atom. The van der Waals surface area contributed by atoms with Crippen LogP contribution in [0.5, 0.6) is 0 Å². The van der Waals surface area contributed by atoms with Gasteiger partial charge in [0.15, 0.2) is 11.6 Å². The number of aromatic nitrogens is 2. The van der Waals surface area contributed by atoms with Crippen LogP contribution in [0, 0.1) is 25.2 Å². The first-order valence-electron chi connectivity index (χ1n) is 17.6. The van der Waals surface area contributed by atoms with Crippen molar-refractivity contribution in [1.29, 1.82) is 0 Å². The van der Waals surface area contributed by atoms with Crippen molar-refractivity contribution in [1.82, 2.24) is 9.97 Å². The summed E-state index contributed by atoms with van der Waals surface area (Å²) in [6.07, 6.45) is 11.8. The van der Waals surface area contributed by atoms with Gasteiger partial charge in [0.25, 0.3) is 0 Å². The molecule has 1 aliphatic carbocycles. The first-order chi connectivity index (χ1) is 25.3. The number of aromatic amines is 2. The van der Waals surface area contributed by atoms with E-state index in [2.05, 4.69) is 16.5 Å². The summed E-state index contributed by atoms with van der Waals surface area (Å²) in [5, 5.41) is 31.2. The smallest absolute Gasteiger partial charge is 0.305 e. The lowest BCUT2D eigenvalue weighted by molar-refractivity contribution is -0.140. The quantitative estimate of drug-likeness (QED) is 0.219. The number of carboxylic acids is 1. The number of H-pyrrole nitrogens is 2. The molecule has 3 aliphatic heterocycles. The van der Waals surface area contributed by atoms with Crippen LogP contribution in [0.3, 0.4) is 0 Å². The third kappa shape index (κ3) is 6.46. The predicted octanol–water partition coefficient (Wildman–Crippen LogP) is 2.83. The van der Waals surface area contributed by atoms with E-state index in [0.717, 1.165) is 55.5 Å². The zero-order valence-electron chi connectivity index (χ0n) is 30.6. The molecule has 1 unspecified atom stereocenters. The van der Waals surface area contributed by atoms with Gasteiger partial charge in [-0.2, -0.15) is 0 Å². The molecule has 0 radical (unpaired) electrons. The molecule has 2 aromatic heterocycles. The number of aliphatic carboxylic acids is 1. The molecule has 0 spiro atoms. The molecule has 276 valence electrons. The van der Waals surface area contributed by atoms with Gasteiger partial charge in [-0.25, -0.2) is 0 Å². The van der Waals surface area contributed by atoms with Crippen LogP contribution in [0.4, 0.5) is 0 Å². The molecule has 0 aromatic carbocycles. The van der Waals surface area contributed by atoms with Gasteiger partial charge in [-0.15, -0.1) is 0 Å². The lowest BCUT2D eigenvalue weighted by Crippen LogP contribution is -2.42. The Bertz CT molecular complexity index is 2290. The molecule has 0 amide bonds. The fraction of sp³-hybridized carbons (Fsp3) is 0.366. The first-order valence-corrected chi connectivity index (χ1v) is 17.6. The molecule has 0 fully saturated rings. The average Bonchev–Trinajstić information content (AvgIpc) is 3.79. The second-order valence-corrected chi connectivity index (χ2v) is 14.0. The van der Waals surface area contributed by atoms with Gasteiger partial charge >= 0.3 is 11.9 Å². The average molecular weight is 721 g/mol. The van der Waals surface area contributed by atoms with Crippen LogP contribution >= 0.6 is 0 Å². The minimum Gasteiger partial charge on any atom is -0.481 e. The number of hydrogen-bond acceptors (Lipinski definition) is 9. The molecule has 12 nitrogen and oxygen atoms in total. The number of methoxy groups -OCH3 is 1. The number of carboxylic acid groups (broad SMARTS) is 1. The van der Waals surface area contributed by atoms with Gasteiger partial charge < -0.3 is 30.0 Å². The summed E-state index contributed by atoms with van der Waals surface area (Å²) in [7, 11) is 1.36. The summed E-state index contributed by atoms with van der Waals surface area (Å²) < 4.78 is 4.95. The number of nitrogens with one attached hydrogen (secondary N) is 2. The van der Waals surface area contributed by atoms with E-state index in [1.165, 1.54) is 13.2 Å². The number of ether oxygens (including phenoxy) is 1. The standard InChI is InChI=1S/C41H44N4O8/c1-7-23-20(2)29-15-34-27-11-8-26(35(48)18-46)40(36(49)19-47)41(27,5)37(45-34)17-30-22(4)24(9-12-38(50)51)32(44-30)16-33-25(10-13-39(52)53-6)21(3)28(43-33)14-31(23)42-29/h7-8,11,14-15,17,32,40,42-43,46-47H,1,9-10,12-13,16,18-19H2,2-6H3,(H,50,51)/b29-15?,31-14-,37-17-/t32?,40-,41+/m1/s1. The number of Topliss-reactive ketones (excluding diaryl/α,β-unsaturated/α-hetero) is 2. The molecule has 0 saturated carbocycles. The summed E-state index contributed by atoms with van der Waals surface area (Å²) in [5.74, 6) is -3.66. The van der Waals surface area contributed by atoms with E-state index in [1.807, 2.05) is 39.8 Å². The van der Waals surface area contributed by atoms with Gasteiger partial charge in [0, 0.05) is 52.5 Å². The molecular formula is C41H44N4O8. The van der Waals surface area contributed by atoms with Crippen molar-refractivity contribution in [2.45, 2.75) is 65.8 Å². The number of nitrogens with zero attached hydrogens (tertiary/aromatic N) is 2. The third-order valence-corrected chi connectivity index (χ3v) is 11.2. The summed E-state index contributed by atoms with van der Waals surface area (Å²) in [6.45, 7) is 10.1. The van der Waals surface area contributed by atoms with Gasteiger partial charge in [-0.3, -0.25) is 29.2 Å². The number of allylic oxidation sites excluding steroid dienone is 5. The second-order valence-electron chi connectivity index (χ2n) is 14.0. The van der Waals surface area contributed by atoms with Crippen molar-refractivity contribution in [3.63, 3.8) is 0 Å². The fourth-order valence-corrected chi connectivity index (χ4v) is 8.23. The Labute approximate surface area is 306 Å². The molecule has 3 atom stereocenters. The lowest BCUT2D eigenvalue weighted by Gasteiger charge is -2.38. The molecule has 4 aliphatic rings. The number of rotatable bonds is 11. The normalized spacial score (nSPS) is 23.3. The molecular weight excluding hydrogens is 676 g/mol. The number of ketones is 2. The van der Waals surface area contributed by atoms with Crippen LogP contribution in [-0.4, -0.2) is 86.6 Å². The van der Waals surface area contributed by atoms with Gasteiger partial charge in [-0.05, 0) is 92.2 Å². The van der Waals surface area contributed by atoms with E-state index in [9.17, 15) is 34.5 Å². The van der Waals surface area contributed by atoms with Crippen molar-refractivity contribution >= 4 is 53.2 Å². The molecule has 53 heavy (non-hydrogen) atoms. The van der Waals surface area contributed by atoms with Crippen LogP contribution in [0.1, 0.15) is 66.8 Å². The van der Waals surface area contributed by atoms with Crippen molar-refractivity contribution < 1.29 is 39.2 Å². The third-order valence-electron chi connectivity index (χ3n) is 11.2. The van der Waals surface area contributed by atoms with Crippen LogP contribution in [0.2, 0.25) is 0 Å². The Kier molecular flexibility index (Phi) is 10.2. The van der Waals surface area contributed by atoms with Crippen molar-refractivity contribution in [2.24, 2.45) is 21.3 Å². The highest BCUT2D eigenvalue weighted by atomic mass is 16.5. The van der Waals surface area contributed by atoms with Crippen molar-refractivity contribution in [3.05, 3.63) is 97.1 Å². The van der Waals surface area contributed by atoms with E-state index in [4.69, 9.17) is 14.7 Å². The number of carbonyl (C=O) groups excluding carboxylic acids is 3. The second kappa shape index (κ2) is 14.5. The number of esters is 1. The first kappa shape index (κ1) is 37.3. The fourth-order valence-electron chi connectivity index (χ4n) is 8.23. The van der Waals surface area contributed by atoms with Gasteiger partial charge in [0.1, 0.15) is 13.2 Å². The maximum Gasteiger partial charge on any atom is 0.305 e. The Balaban J connectivity index is 1.66. The molecule has 5 N–H and O–H groups in total. The highest BCUT2D eigenvalue weighted by molar-refractivity contribution is 6.25. The number of aliphatic imine (C=N–C) groups is 2. The van der Waals surface area contributed by atoms with E-state index < -0.39 is 48.1 Å². The summed E-state index contributed by atoms with van der Waals surface area (Å²) in [4.78, 5) is 68.2. The van der Waals surface area contributed by atoms with Crippen LogP contribution < -0.4 is 10.7 Å². The summed E-state index contributed by atoms with van der Waals surface area (Å²) in [5.41, 5.74) is 8.01. The predicted molar refractivity (Wildman–Crippen MR) is 201 cm³/mol. The Hall–Kier alpha value is -5.46. The summed E-state index contributed by atoms with van der Waals surface area (Å²) in [6, 6.07) is -0.452. The maximum absolute atomic E-state index is 13.6. The van der Waals surface area contributed by atoms with Crippen molar-refractivity contribution in [2.75, 3.05) is 20.3 Å². The van der Waals surface area contributed by atoms with E-state index in [-0.39, 0.29) is 30.8 Å². The number of aliphatic hydroxyl groups excluding tert-OH is 2. The molecule has 8 bridgehead atoms. The largest absolute Gasteiger partial charge is 0.481 e. The highest BCUT2D eigenvalue weighted by Gasteiger charge is 2.53. The number of carbonyl (C=O) groups is 4. The number of fused-ring (bicyclic) bond motifs is 9. The zero-order chi connectivity index (χ0) is 38.4. The molecule has 12 heteroatoms. The SMILES string of the molecule is C=Cc1c(C)c2[nH]/c1=C\c1[nH]c(c(CCC(=O)OC)c1C)CC1N=C(/C=C3\N=C(C=2)C2=CC=C(C(=O)CO)[C@H](C(=O)CO)[C@@]23C)C(C)=C1CCC(=O)O. The topological polar surface area (TPSA) is 194 Å². The Morgan fingerprint density at radius 2 is 1.74 bits per heavy atom. The molecule has 5 heterocycles. The maximum atomic E-state index is 13.6. The van der Waals surface area contributed by atoms with E-state index in [1.54, 1.807) is 18.2 Å². The number of hydrogen-bond donors (Lipinski definition) is 5. The monoisotopic (exact) mass is 720 g/mol. The zero-order valence-corrected chi connectivity index (χ0v) is 30.6. The Morgan fingerprint density at radius 3 is 2.40 bits per heavy atom. The summed E-state index contributed by atoms with van der Waals surface area (Å²) >= 11 is 0. The van der Waals surface area contributed by atoms with Crippen molar-refractivity contribution in [3.8, 4) is 0 Å². The molecule has 6 rings (SSSR count). The number of aliphatic hydroxyl groups is 2. The minimum atomic E-state index is -1.24. The van der Waals surface area contributed by atoms with E-state index in [0.29, 0.717) is 35.5 Å². The van der Waals surface area contributed by atoms with Crippen LogP contribution in [-0.2, 0) is 36.8 Å². The molecule has 2 aromatic rings. The van der Waals surface area contributed by atoms with Crippen LogP contribution in [0.25, 0.3) is 18.2 Å². The molecule has 0 saturated heterocycles. The van der Waals surface area contributed by atoms with Gasteiger partial charge in [0.05, 0.1) is 41.6 Å². The van der Waals surface area contributed by atoms with Crippen LogP contribution in [0.15, 0.2) is 62.8 Å². The lowest BCUT2D eigenvalue weighted by atomic mass is 9.62.